The summed E-state index contributed by atoms with van der Waals surface area (Å²) in [4.78, 5) is 4.80. The molecule has 0 unspecified atom stereocenters. The van der Waals surface area contributed by atoms with Crippen LogP contribution in [0.25, 0.3) is 11.0 Å². The van der Waals surface area contributed by atoms with Gasteiger partial charge in [-0.15, -0.1) is 0 Å². The molecule has 3 heteroatoms. The summed E-state index contributed by atoms with van der Waals surface area (Å²) >= 11 is 0. The molecule has 1 N–H and O–H groups in total. The normalized spacial score (nSPS) is 14.3. The van der Waals surface area contributed by atoms with Crippen LogP contribution in [0.2, 0.25) is 0 Å². The van der Waals surface area contributed by atoms with Gasteiger partial charge in [0.15, 0.2) is 0 Å². The predicted octanol–water partition coefficient (Wildman–Crippen LogP) is 2.81. The summed E-state index contributed by atoms with van der Waals surface area (Å²) in [6.07, 6.45) is 2.03. The second kappa shape index (κ2) is 5.01. The molecule has 0 amide bonds. The van der Waals surface area contributed by atoms with Crippen molar-refractivity contribution in [3.63, 3.8) is 0 Å². The number of fused-ring (bicyclic) bond motifs is 2. The van der Waals surface area contributed by atoms with Crippen LogP contribution in [0.15, 0.2) is 42.5 Å². The van der Waals surface area contributed by atoms with Crippen LogP contribution in [0.4, 0.5) is 0 Å². The summed E-state index contributed by atoms with van der Waals surface area (Å²) in [5, 5.41) is 3.48. The lowest BCUT2D eigenvalue weighted by atomic mass is 9.94. The number of hydrogen-bond donors (Lipinski definition) is 1. The number of para-hydroxylation sites is 2. The maximum atomic E-state index is 4.80. The SMILES string of the molecule is Cn1c(Cc2cccc3c2CNCC3)nc2ccccc21. The largest absolute Gasteiger partial charge is 0.331 e. The molecular weight excluding hydrogens is 258 g/mol. The lowest BCUT2D eigenvalue weighted by Crippen LogP contribution is -2.25. The van der Waals surface area contributed by atoms with Gasteiger partial charge in [-0.1, -0.05) is 30.3 Å². The van der Waals surface area contributed by atoms with Gasteiger partial charge in [-0.2, -0.15) is 0 Å². The molecule has 4 rings (SSSR count). The number of imidazole rings is 1. The van der Waals surface area contributed by atoms with Crippen LogP contribution in [0.3, 0.4) is 0 Å². The van der Waals surface area contributed by atoms with Crippen molar-refractivity contribution in [1.82, 2.24) is 14.9 Å². The molecule has 0 atom stereocenters. The number of rotatable bonds is 2. The highest BCUT2D eigenvalue weighted by Crippen LogP contribution is 2.22. The molecule has 0 saturated heterocycles. The van der Waals surface area contributed by atoms with Crippen molar-refractivity contribution >= 4 is 11.0 Å². The molecule has 0 saturated carbocycles. The molecule has 0 bridgehead atoms. The molecule has 3 nitrogen and oxygen atoms in total. The Kier molecular flexibility index (Phi) is 3.00. The molecule has 0 radical (unpaired) electrons. The number of nitrogens with one attached hydrogen (secondary N) is 1. The monoisotopic (exact) mass is 277 g/mol. The van der Waals surface area contributed by atoms with Crippen LogP contribution in [0, 0.1) is 0 Å². The first-order valence-corrected chi connectivity index (χ1v) is 7.53. The van der Waals surface area contributed by atoms with E-state index in [0.717, 1.165) is 37.3 Å². The number of aryl methyl sites for hydroxylation is 1. The van der Waals surface area contributed by atoms with Crippen molar-refractivity contribution in [3.8, 4) is 0 Å². The van der Waals surface area contributed by atoms with Crippen molar-refractivity contribution in [2.24, 2.45) is 7.05 Å². The van der Waals surface area contributed by atoms with Crippen molar-refractivity contribution in [1.29, 1.82) is 0 Å². The Balaban J connectivity index is 1.77. The van der Waals surface area contributed by atoms with Crippen LogP contribution in [0.5, 0.6) is 0 Å². The molecule has 1 aliphatic heterocycles. The minimum Gasteiger partial charge on any atom is -0.331 e. The van der Waals surface area contributed by atoms with Gasteiger partial charge in [0.2, 0.25) is 0 Å². The molecule has 2 aromatic carbocycles. The van der Waals surface area contributed by atoms with Gasteiger partial charge < -0.3 is 9.88 Å². The molecule has 0 spiro atoms. The van der Waals surface area contributed by atoms with E-state index in [1.807, 2.05) is 6.07 Å². The first kappa shape index (κ1) is 12.6. The first-order chi connectivity index (χ1) is 10.3. The highest BCUT2D eigenvalue weighted by molar-refractivity contribution is 5.75. The summed E-state index contributed by atoms with van der Waals surface area (Å²) in [6.45, 7) is 2.07. The zero-order valence-corrected chi connectivity index (χ0v) is 12.3. The summed E-state index contributed by atoms with van der Waals surface area (Å²) < 4.78 is 2.21. The van der Waals surface area contributed by atoms with Crippen LogP contribution in [-0.2, 0) is 26.4 Å². The van der Waals surface area contributed by atoms with E-state index in [2.05, 4.69) is 53.3 Å². The third-order valence-electron chi connectivity index (χ3n) is 4.47. The topological polar surface area (TPSA) is 29.9 Å². The minimum atomic E-state index is 0.899. The van der Waals surface area contributed by atoms with E-state index in [1.165, 1.54) is 22.2 Å². The number of benzene rings is 2. The molecule has 0 aliphatic carbocycles. The standard InChI is InChI=1S/C18H19N3/c1-21-17-8-3-2-7-16(17)20-18(21)11-14-6-4-5-13-9-10-19-12-15(13)14/h2-8,19H,9-12H2,1H3. The van der Waals surface area contributed by atoms with Crippen LogP contribution in [0.1, 0.15) is 22.5 Å². The van der Waals surface area contributed by atoms with Crippen molar-refractivity contribution in [3.05, 3.63) is 65.0 Å². The van der Waals surface area contributed by atoms with Crippen molar-refractivity contribution < 1.29 is 0 Å². The van der Waals surface area contributed by atoms with Gasteiger partial charge in [-0.3, -0.25) is 0 Å². The third-order valence-corrected chi connectivity index (χ3v) is 4.47. The number of hydrogen-bond acceptors (Lipinski definition) is 2. The summed E-state index contributed by atoms with van der Waals surface area (Å²) in [5.41, 5.74) is 6.65. The van der Waals surface area contributed by atoms with E-state index < -0.39 is 0 Å². The fourth-order valence-corrected chi connectivity index (χ4v) is 3.28. The van der Waals surface area contributed by atoms with E-state index >= 15 is 0 Å². The molecule has 0 fully saturated rings. The molecule has 21 heavy (non-hydrogen) atoms. The van der Waals surface area contributed by atoms with Gasteiger partial charge in [0.25, 0.3) is 0 Å². The number of aromatic nitrogens is 2. The van der Waals surface area contributed by atoms with Crippen LogP contribution < -0.4 is 5.32 Å². The summed E-state index contributed by atoms with van der Waals surface area (Å²) in [7, 11) is 2.11. The quantitative estimate of drug-likeness (QED) is 0.780. The van der Waals surface area contributed by atoms with E-state index in [1.54, 1.807) is 0 Å². The Labute approximate surface area is 124 Å². The number of nitrogens with zero attached hydrogens (tertiary/aromatic N) is 2. The van der Waals surface area contributed by atoms with Crippen LogP contribution >= 0.6 is 0 Å². The summed E-state index contributed by atoms with van der Waals surface area (Å²) in [5.74, 6) is 1.13. The van der Waals surface area contributed by atoms with Gasteiger partial charge in [0, 0.05) is 20.0 Å². The molecule has 1 aromatic heterocycles. The van der Waals surface area contributed by atoms with Crippen molar-refractivity contribution in [2.75, 3.05) is 6.54 Å². The first-order valence-electron chi connectivity index (χ1n) is 7.53. The maximum Gasteiger partial charge on any atom is 0.114 e. The maximum absolute atomic E-state index is 4.80. The summed E-state index contributed by atoms with van der Waals surface area (Å²) in [6, 6.07) is 15.0. The van der Waals surface area contributed by atoms with Gasteiger partial charge in [0.05, 0.1) is 11.0 Å². The highest BCUT2D eigenvalue weighted by Gasteiger charge is 2.15. The van der Waals surface area contributed by atoms with Crippen LogP contribution in [-0.4, -0.2) is 16.1 Å². The Bertz CT molecular complexity index is 801. The Hall–Kier alpha value is -2.13. The second-order valence-electron chi connectivity index (χ2n) is 5.73. The minimum absolute atomic E-state index is 0.899. The predicted molar refractivity (Wildman–Crippen MR) is 85.4 cm³/mol. The molecule has 2 heterocycles. The highest BCUT2D eigenvalue weighted by atomic mass is 15.1. The van der Waals surface area contributed by atoms with Gasteiger partial charge in [-0.05, 0) is 41.8 Å². The fourth-order valence-electron chi connectivity index (χ4n) is 3.28. The Morgan fingerprint density at radius 1 is 1.14 bits per heavy atom. The van der Waals surface area contributed by atoms with E-state index in [9.17, 15) is 0 Å². The molecular formula is C18H19N3. The van der Waals surface area contributed by atoms with E-state index in [-0.39, 0.29) is 0 Å². The molecule has 3 aromatic rings. The Morgan fingerprint density at radius 3 is 2.95 bits per heavy atom. The van der Waals surface area contributed by atoms with Gasteiger partial charge >= 0.3 is 0 Å². The lowest BCUT2D eigenvalue weighted by molar-refractivity contribution is 0.637. The zero-order valence-electron chi connectivity index (χ0n) is 12.3. The van der Waals surface area contributed by atoms with Gasteiger partial charge in [-0.25, -0.2) is 4.98 Å². The van der Waals surface area contributed by atoms with E-state index in [4.69, 9.17) is 4.98 Å². The van der Waals surface area contributed by atoms with Crippen molar-refractivity contribution in [2.45, 2.75) is 19.4 Å². The molecule has 1 aliphatic rings. The van der Waals surface area contributed by atoms with E-state index in [0.29, 0.717) is 0 Å². The van der Waals surface area contributed by atoms with Gasteiger partial charge in [0.1, 0.15) is 5.82 Å². The smallest absolute Gasteiger partial charge is 0.114 e. The zero-order chi connectivity index (χ0) is 14.2. The molecule has 106 valence electrons. The lowest BCUT2D eigenvalue weighted by Gasteiger charge is -2.20. The fraction of sp³-hybridized carbons (Fsp3) is 0.278. The third kappa shape index (κ3) is 2.14. The second-order valence-corrected chi connectivity index (χ2v) is 5.73. The average molecular weight is 277 g/mol. The Morgan fingerprint density at radius 2 is 2.05 bits per heavy atom. The average Bonchev–Trinajstić information content (AvgIpc) is 2.85.